The molecule has 0 spiro atoms. The fraction of sp³-hybridized carbons (Fsp3) is 0.567. The first-order chi connectivity index (χ1) is 17.8. The average molecular weight is 531 g/mol. The Balaban J connectivity index is 0.000000302. The zero-order valence-corrected chi connectivity index (χ0v) is 23.2. The third-order valence-corrected chi connectivity index (χ3v) is 8.66. The molecule has 0 amide bonds. The first-order valence-corrected chi connectivity index (χ1v) is 12.9. The smallest absolute Gasteiger partial charge is 0.335 e. The standard InChI is InChI=1S/C20H28O4.C7H6O2.C2H4O.CH4O/c1-11-5-8-20(23)9-13-12-10-24-14(12)6-7-19(13,4)17(22)16(21)15(11)18(20,2)3;8-7(9)6-4-2-1-3-5-6;1-2-3;1-2/h6-7,12-14,16,21,23H,5,8-10H2,1-4H3;1-5H,(H,8,9);2H,1H3;2H,1H3/t12-,13?,14?,16+,19+,20+;;;/m0.../s1. The summed E-state index contributed by atoms with van der Waals surface area (Å²) in [6, 6.07) is 8.30. The Labute approximate surface area is 225 Å². The Morgan fingerprint density at radius 3 is 2.18 bits per heavy atom. The third kappa shape index (κ3) is 5.69. The molecule has 0 aromatic heterocycles. The Morgan fingerprint density at radius 2 is 1.71 bits per heavy atom. The van der Waals surface area contributed by atoms with E-state index in [1.165, 1.54) is 6.92 Å². The number of aliphatic hydroxyl groups is 3. The van der Waals surface area contributed by atoms with Crippen LogP contribution in [0.5, 0.6) is 0 Å². The van der Waals surface area contributed by atoms with Gasteiger partial charge in [0.05, 0.1) is 29.3 Å². The van der Waals surface area contributed by atoms with Gasteiger partial charge in [0.2, 0.25) is 0 Å². The van der Waals surface area contributed by atoms with Crippen molar-refractivity contribution in [2.75, 3.05) is 13.7 Å². The quantitative estimate of drug-likeness (QED) is 0.319. The molecule has 1 saturated heterocycles. The highest BCUT2D eigenvalue weighted by atomic mass is 16.5. The van der Waals surface area contributed by atoms with Crippen LogP contribution in [-0.4, -0.2) is 70.0 Å². The Kier molecular flexibility index (Phi) is 10.4. The second-order valence-electron chi connectivity index (χ2n) is 10.9. The maximum absolute atomic E-state index is 13.3. The van der Waals surface area contributed by atoms with Gasteiger partial charge in [-0.25, -0.2) is 4.79 Å². The lowest BCUT2D eigenvalue weighted by atomic mass is 9.49. The van der Waals surface area contributed by atoms with Crippen LogP contribution >= 0.6 is 0 Å². The monoisotopic (exact) mass is 530 g/mol. The number of hydrogen-bond donors (Lipinski definition) is 4. The minimum Gasteiger partial charge on any atom is -0.478 e. The number of aldehydes is 1. The van der Waals surface area contributed by atoms with Crippen molar-refractivity contribution >= 4 is 18.0 Å². The summed E-state index contributed by atoms with van der Waals surface area (Å²) in [7, 11) is 1.00. The Hall–Kier alpha value is -2.65. The lowest BCUT2D eigenvalue weighted by molar-refractivity contribution is -0.182. The van der Waals surface area contributed by atoms with Crippen LogP contribution in [0.4, 0.5) is 0 Å². The second-order valence-corrected chi connectivity index (χ2v) is 10.9. The van der Waals surface area contributed by atoms with Crippen molar-refractivity contribution in [3.8, 4) is 0 Å². The number of aliphatic hydroxyl groups excluding tert-OH is 2. The van der Waals surface area contributed by atoms with Crippen LogP contribution in [0, 0.1) is 22.7 Å². The van der Waals surface area contributed by atoms with Crippen LogP contribution in [0.3, 0.4) is 0 Å². The zero-order valence-electron chi connectivity index (χ0n) is 23.2. The molecule has 1 aromatic rings. The summed E-state index contributed by atoms with van der Waals surface area (Å²) in [4.78, 5) is 32.3. The SMILES string of the molecule is CC1=C2[C@@H](O)C(=O)[C@]3(C)C=CC4OC[C@H]4C3C[C@](O)(CC1)C2(C)C.CC=O.CO.O=C(O)c1ccccc1. The number of fused-ring (bicyclic) bond motifs is 5. The number of carboxylic acids is 1. The molecule has 2 bridgehead atoms. The third-order valence-electron chi connectivity index (χ3n) is 8.66. The molecular weight excluding hydrogens is 488 g/mol. The van der Waals surface area contributed by atoms with E-state index in [0.29, 0.717) is 25.0 Å². The van der Waals surface area contributed by atoms with Gasteiger partial charge in [-0.05, 0) is 63.7 Å². The molecule has 210 valence electrons. The van der Waals surface area contributed by atoms with Crippen LogP contribution in [0.1, 0.15) is 64.2 Å². The summed E-state index contributed by atoms with van der Waals surface area (Å²) in [5.41, 5.74) is -0.123. The molecule has 2 fully saturated rings. The van der Waals surface area contributed by atoms with E-state index in [0.717, 1.165) is 31.0 Å². The first kappa shape index (κ1) is 31.6. The molecule has 2 unspecified atom stereocenters. The van der Waals surface area contributed by atoms with E-state index < -0.39 is 28.5 Å². The van der Waals surface area contributed by atoms with Crippen molar-refractivity contribution in [1.82, 2.24) is 0 Å². The number of hydrogen-bond acceptors (Lipinski definition) is 7. The van der Waals surface area contributed by atoms with Crippen LogP contribution in [0.2, 0.25) is 0 Å². The summed E-state index contributed by atoms with van der Waals surface area (Å²) in [5, 5.41) is 38.0. The highest BCUT2D eigenvalue weighted by Gasteiger charge is 2.62. The molecule has 8 nitrogen and oxygen atoms in total. The molecule has 8 heteroatoms. The number of ether oxygens (including phenoxy) is 1. The molecule has 1 saturated carbocycles. The molecule has 1 aliphatic heterocycles. The normalized spacial score (nSPS) is 34.0. The number of aromatic carboxylic acids is 1. The van der Waals surface area contributed by atoms with E-state index in [9.17, 15) is 19.8 Å². The number of carbonyl (C=O) groups is 3. The lowest BCUT2D eigenvalue weighted by Crippen LogP contribution is -2.63. The van der Waals surface area contributed by atoms with Gasteiger partial charge >= 0.3 is 5.97 Å². The van der Waals surface area contributed by atoms with E-state index in [1.807, 2.05) is 39.8 Å². The summed E-state index contributed by atoms with van der Waals surface area (Å²) in [6.07, 6.45) is 5.58. The van der Waals surface area contributed by atoms with Crippen molar-refractivity contribution < 1.29 is 39.5 Å². The minimum absolute atomic E-state index is 0.00707. The number of Topliss-reactive ketones (excluding diaryl/α,β-unsaturated/α-hetero) is 1. The largest absolute Gasteiger partial charge is 0.478 e. The highest BCUT2D eigenvalue weighted by Crippen LogP contribution is 2.59. The van der Waals surface area contributed by atoms with Gasteiger partial charge in [0.25, 0.3) is 0 Å². The van der Waals surface area contributed by atoms with Crippen LogP contribution in [-0.2, 0) is 14.3 Å². The number of allylic oxidation sites excluding steroid dienone is 2. The molecular formula is C30H42O8. The topological polar surface area (TPSA) is 141 Å². The van der Waals surface area contributed by atoms with E-state index >= 15 is 0 Å². The van der Waals surface area contributed by atoms with Crippen molar-refractivity contribution in [3.63, 3.8) is 0 Å². The van der Waals surface area contributed by atoms with E-state index in [2.05, 4.69) is 0 Å². The predicted octanol–water partition coefficient (Wildman–Crippen LogP) is 3.59. The maximum atomic E-state index is 13.3. The number of rotatable bonds is 1. The van der Waals surface area contributed by atoms with Crippen LogP contribution < -0.4 is 0 Å². The fourth-order valence-corrected chi connectivity index (χ4v) is 6.28. The fourth-order valence-electron chi connectivity index (χ4n) is 6.28. The van der Waals surface area contributed by atoms with Crippen LogP contribution in [0.25, 0.3) is 0 Å². The molecule has 1 aromatic carbocycles. The van der Waals surface area contributed by atoms with Crippen molar-refractivity contribution in [2.45, 2.75) is 71.7 Å². The molecule has 5 rings (SSSR count). The lowest BCUT2D eigenvalue weighted by Gasteiger charge is -2.59. The summed E-state index contributed by atoms with van der Waals surface area (Å²) in [6.45, 7) is 9.97. The Morgan fingerprint density at radius 1 is 1.13 bits per heavy atom. The van der Waals surface area contributed by atoms with E-state index in [-0.39, 0.29) is 23.7 Å². The van der Waals surface area contributed by atoms with E-state index in [1.54, 1.807) is 30.3 Å². The van der Waals surface area contributed by atoms with Gasteiger partial charge < -0.3 is 30.0 Å². The van der Waals surface area contributed by atoms with Gasteiger partial charge in [0.15, 0.2) is 5.78 Å². The van der Waals surface area contributed by atoms with Gasteiger partial charge in [-0.3, -0.25) is 4.79 Å². The van der Waals surface area contributed by atoms with Gasteiger partial charge in [0, 0.05) is 18.4 Å². The van der Waals surface area contributed by atoms with Crippen molar-refractivity contribution in [3.05, 3.63) is 59.2 Å². The zero-order chi connectivity index (χ0) is 28.9. The summed E-state index contributed by atoms with van der Waals surface area (Å²) < 4.78 is 5.62. The summed E-state index contributed by atoms with van der Waals surface area (Å²) in [5.74, 6) is -0.742. The molecule has 0 radical (unpaired) electrons. The first-order valence-electron chi connectivity index (χ1n) is 12.9. The second kappa shape index (κ2) is 12.5. The molecule has 3 aliphatic carbocycles. The average Bonchev–Trinajstić information content (AvgIpc) is 2.86. The molecule has 38 heavy (non-hydrogen) atoms. The van der Waals surface area contributed by atoms with Crippen LogP contribution in [0.15, 0.2) is 53.6 Å². The highest BCUT2D eigenvalue weighted by molar-refractivity contribution is 5.94. The molecule has 1 heterocycles. The molecule has 4 aliphatic rings. The van der Waals surface area contributed by atoms with Gasteiger partial charge in [-0.15, -0.1) is 0 Å². The molecule has 6 atom stereocenters. The Bertz CT molecular complexity index is 1060. The minimum atomic E-state index is -1.14. The van der Waals surface area contributed by atoms with Gasteiger partial charge in [-0.1, -0.05) is 49.8 Å². The summed E-state index contributed by atoms with van der Waals surface area (Å²) >= 11 is 0. The van der Waals surface area contributed by atoms with Gasteiger partial charge in [-0.2, -0.15) is 0 Å². The molecule has 4 N–H and O–H groups in total. The predicted molar refractivity (Wildman–Crippen MR) is 144 cm³/mol. The number of carboxylic acid groups (broad SMARTS) is 1. The van der Waals surface area contributed by atoms with Crippen molar-refractivity contribution in [2.24, 2.45) is 22.7 Å². The maximum Gasteiger partial charge on any atom is 0.335 e. The number of carbonyl (C=O) groups excluding carboxylic acids is 2. The number of ketones is 1. The number of benzene rings is 1. The van der Waals surface area contributed by atoms with E-state index in [4.69, 9.17) is 19.7 Å². The van der Waals surface area contributed by atoms with Gasteiger partial charge in [0.1, 0.15) is 12.4 Å². The van der Waals surface area contributed by atoms with Crippen molar-refractivity contribution in [1.29, 1.82) is 0 Å².